The molecule has 0 radical (unpaired) electrons. The van der Waals surface area contributed by atoms with Gasteiger partial charge in [-0.15, -0.1) is 0 Å². The molecule has 0 aliphatic heterocycles. The second kappa shape index (κ2) is 12.0. The van der Waals surface area contributed by atoms with Gasteiger partial charge in [-0.3, -0.25) is 14.4 Å². The average Bonchev–Trinajstić information content (AvgIpc) is 2.70. The highest BCUT2D eigenvalue weighted by molar-refractivity contribution is 5.94. The molecule has 10 heteroatoms. The SMILES string of the molecule is CC(C)C(NC(=O)C(NC(=O)[C@H](C)NC(=O)[C@@H](N)Cc1ccc(O)cc1)C(C)C)C(=O)O. The van der Waals surface area contributed by atoms with E-state index in [0.717, 1.165) is 5.56 Å². The van der Waals surface area contributed by atoms with Gasteiger partial charge in [0.2, 0.25) is 17.7 Å². The van der Waals surface area contributed by atoms with Gasteiger partial charge in [-0.25, -0.2) is 4.79 Å². The van der Waals surface area contributed by atoms with E-state index in [0.29, 0.717) is 0 Å². The van der Waals surface area contributed by atoms with Gasteiger partial charge >= 0.3 is 5.97 Å². The number of phenolic OH excluding ortho intramolecular Hbond substituents is 1. The Bertz CT molecular complexity index is 809. The Morgan fingerprint density at radius 2 is 1.31 bits per heavy atom. The number of carbonyl (C=O) groups is 4. The molecule has 0 spiro atoms. The van der Waals surface area contributed by atoms with Crippen molar-refractivity contribution in [2.24, 2.45) is 17.6 Å². The van der Waals surface area contributed by atoms with Crippen LogP contribution in [-0.2, 0) is 25.6 Å². The van der Waals surface area contributed by atoms with Crippen LogP contribution in [0.2, 0.25) is 0 Å². The maximum atomic E-state index is 12.6. The number of phenols is 1. The van der Waals surface area contributed by atoms with E-state index in [4.69, 9.17) is 5.73 Å². The first-order chi connectivity index (χ1) is 14.8. The Morgan fingerprint density at radius 3 is 1.78 bits per heavy atom. The molecule has 178 valence electrons. The van der Waals surface area contributed by atoms with Gasteiger partial charge in [-0.2, -0.15) is 0 Å². The van der Waals surface area contributed by atoms with E-state index in [9.17, 15) is 29.4 Å². The molecule has 4 atom stereocenters. The first-order valence-corrected chi connectivity index (χ1v) is 10.5. The van der Waals surface area contributed by atoms with Crippen LogP contribution in [0.4, 0.5) is 0 Å². The Labute approximate surface area is 187 Å². The van der Waals surface area contributed by atoms with Crippen molar-refractivity contribution in [2.45, 2.75) is 65.2 Å². The summed E-state index contributed by atoms with van der Waals surface area (Å²) in [5.74, 6) is -3.47. The van der Waals surface area contributed by atoms with E-state index in [1.165, 1.54) is 19.1 Å². The average molecular weight is 451 g/mol. The lowest BCUT2D eigenvalue weighted by molar-refractivity contribution is -0.143. The topological polar surface area (TPSA) is 171 Å². The van der Waals surface area contributed by atoms with E-state index in [1.807, 2.05) is 0 Å². The van der Waals surface area contributed by atoms with Crippen LogP contribution < -0.4 is 21.7 Å². The van der Waals surface area contributed by atoms with Crippen LogP contribution in [0.3, 0.4) is 0 Å². The van der Waals surface area contributed by atoms with Gasteiger partial charge in [-0.1, -0.05) is 39.8 Å². The lowest BCUT2D eigenvalue weighted by Gasteiger charge is -2.27. The molecule has 0 saturated heterocycles. The number of benzene rings is 1. The zero-order chi connectivity index (χ0) is 24.6. The van der Waals surface area contributed by atoms with Crippen molar-refractivity contribution in [3.8, 4) is 5.75 Å². The van der Waals surface area contributed by atoms with Crippen molar-refractivity contribution in [1.29, 1.82) is 0 Å². The molecular formula is C22H34N4O6. The number of amides is 3. The zero-order valence-corrected chi connectivity index (χ0v) is 19.1. The highest BCUT2D eigenvalue weighted by Crippen LogP contribution is 2.11. The quantitative estimate of drug-likeness (QED) is 0.278. The number of carboxylic acid groups (broad SMARTS) is 1. The molecule has 1 aromatic carbocycles. The number of hydrogen-bond acceptors (Lipinski definition) is 6. The van der Waals surface area contributed by atoms with Crippen molar-refractivity contribution >= 4 is 23.7 Å². The molecule has 32 heavy (non-hydrogen) atoms. The Kier molecular flexibility index (Phi) is 10.1. The van der Waals surface area contributed by atoms with Crippen molar-refractivity contribution in [1.82, 2.24) is 16.0 Å². The number of nitrogens with two attached hydrogens (primary N) is 1. The molecule has 0 fully saturated rings. The largest absolute Gasteiger partial charge is 0.508 e. The molecule has 1 rings (SSSR count). The molecule has 10 nitrogen and oxygen atoms in total. The molecule has 3 amide bonds. The Morgan fingerprint density at radius 1 is 0.812 bits per heavy atom. The highest BCUT2D eigenvalue weighted by atomic mass is 16.4. The first-order valence-electron chi connectivity index (χ1n) is 10.5. The van der Waals surface area contributed by atoms with Crippen molar-refractivity contribution in [3.63, 3.8) is 0 Å². The number of carbonyl (C=O) groups excluding carboxylic acids is 3. The zero-order valence-electron chi connectivity index (χ0n) is 19.1. The van der Waals surface area contributed by atoms with E-state index < -0.39 is 47.9 Å². The lowest BCUT2D eigenvalue weighted by atomic mass is 10.00. The molecule has 0 bridgehead atoms. The second-order valence-corrected chi connectivity index (χ2v) is 8.51. The van der Waals surface area contributed by atoms with Crippen LogP contribution >= 0.6 is 0 Å². The minimum atomic E-state index is -1.16. The van der Waals surface area contributed by atoms with Crippen LogP contribution in [0.5, 0.6) is 5.75 Å². The standard InChI is InChI=1S/C22H34N4O6/c1-11(2)17(21(30)26-18(12(3)4)22(31)32)25-19(28)13(5)24-20(29)16(23)10-14-6-8-15(27)9-7-14/h6-9,11-13,16-18,27H,10,23H2,1-5H3,(H,24,29)(H,25,28)(H,26,30)(H,31,32)/t13-,16-,17?,18?/m0/s1. The molecule has 0 aliphatic carbocycles. The Hall–Kier alpha value is -3.14. The van der Waals surface area contributed by atoms with E-state index in [2.05, 4.69) is 16.0 Å². The number of nitrogens with one attached hydrogen (secondary N) is 3. The van der Waals surface area contributed by atoms with Crippen LogP contribution in [0, 0.1) is 11.8 Å². The number of hydrogen-bond donors (Lipinski definition) is 6. The van der Waals surface area contributed by atoms with E-state index in [1.54, 1.807) is 39.8 Å². The van der Waals surface area contributed by atoms with Gasteiger partial charge in [0.1, 0.15) is 23.9 Å². The first kappa shape index (κ1) is 26.9. The third-order valence-corrected chi connectivity index (χ3v) is 4.96. The molecule has 2 unspecified atom stereocenters. The Balaban J connectivity index is 2.71. The van der Waals surface area contributed by atoms with Crippen LogP contribution in [-0.4, -0.2) is 58.1 Å². The lowest BCUT2D eigenvalue weighted by Crippen LogP contribution is -2.58. The third-order valence-electron chi connectivity index (χ3n) is 4.96. The number of carboxylic acids is 1. The van der Waals surface area contributed by atoms with Crippen LogP contribution in [0.25, 0.3) is 0 Å². The maximum Gasteiger partial charge on any atom is 0.326 e. The summed E-state index contributed by atoms with van der Waals surface area (Å²) < 4.78 is 0. The molecule has 0 aliphatic rings. The van der Waals surface area contributed by atoms with Gasteiger partial charge < -0.3 is 31.9 Å². The fourth-order valence-corrected chi connectivity index (χ4v) is 2.93. The number of aromatic hydroxyl groups is 1. The van der Waals surface area contributed by atoms with Gasteiger partial charge in [0, 0.05) is 0 Å². The van der Waals surface area contributed by atoms with E-state index in [-0.39, 0.29) is 24.0 Å². The fraction of sp³-hybridized carbons (Fsp3) is 0.545. The molecular weight excluding hydrogens is 416 g/mol. The summed E-state index contributed by atoms with van der Waals surface area (Å²) in [6.45, 7) is 8.23. The van der Waals surface area contributed by atoms with Gasteiger partial charge in [0.15, 0.2) is 0 Å². The minimum Gasteiger partial charge on any atom is -0.508 e. The van der Waals surface area contributed by atoms with Gasteiger partial charge in [0.25, 0.3) is 0 Å². The number of aliphatic carboxylic acids is 1. The van der Waals surface area contributed by atoms with Gasteiger partial charge in [0.05, 0.1) is 6.04 Å². The summed E-state index contributed by atoms with van der Waals surface area (Å²) in [6, 6.07) is 2.31. The summed E-state index contributed by atoms with van der Waals surface area (Å²) in [6.07, 6.45) is 0.212. The second-order valence-electron chi connectivity index (χ2n) is 8.51. The molecule has 7 N–H and O–H groups in total. The monoisotopic (exact) mass is 450 g/mol. The summed E-state index contributed by atoms with van der Waals surface area (Å²) in [4.78, 5) is 48.9. The van der Waals surface area contributed by atoms with Crippen LogP contribution in [0.1, 0.15) is 40.2 Å². The molecule has 1 aromatic rings. The third kappa shape index (κ3) is 8.18. The molecule has 0 saturated carbocycles. The van der Waals surface area contributed by atoms with Crippen molar-refractivity contribution in [2.75, 3.05) is 0 Å². The predicted molar refractivity (Wildman–Crippen MR) is 119 cm³/mol. The summed E-state index contributed by atoms with van der Waals surface area (Å²) >= 11 is 0. The van der Waals surface area contributed by atoms with Crippen LogP contribution in [0.15, 0.2) is 24.3 Å². The summed E-state index contributed by atoms with van der Waals surface area (Å²) in [5, 5.41) is 26.1. The van der Waals surface area contributed by atoms with Gasteiger partial charge in [-0.05, 0) is 42.9 Å². The summed E-state index contributed by atoms with van der Waals surface area (Å²) in [5.41, 5.74) is 6.67. The van der Waals surface area contributed by atoms with Crippen molar-refractivity contribution < 1.29 is 29.4 Å². The normalized spacial score (nSPS) is 14.9. The van der Waals surface area contributed by atoms with Crippen molar-refractivity contribution in [3.05, 3.63) is 29.8 Å². The fourth-order valence-electron chi connectivity index (χ4n) is 2.93. The highest BCUT2D eigenvalue weighted by Gasteiger charge is 2.31. The van der Waals surface area contributed by atoms with E-state index >= 15 is 0 Å². The smallest absolute Gasteiger partial charge is 0.326 e. The predicted octanol–water partition coefficient (Wildman–Crippen LogP) is 0.133. The maximum absolute atomic E-state index is 12.6. The number of rotatable bonds is 11. The molecule has 0 aromatic heterocycles. The minimum absolute atomic E-state index is 0.101. The molecule has 0 heterocycles. The summed E-state index contributed by atoms with van der Waals surface area (Å²) in [7, 11) is 0.